The Kier molecular flexibility index (Phi) is 7.97. The molecule has 0 aliphatic carbocycles. The summed E-state index contributed by atoms with van der Waals surface area (Å²) in [6, 6.07) is 20.9. The molecule has 3 aromatic carbocycles. The van der Waals surface area contributed by atoms with Crippen molar-refractivity contribution in [2.45, 2.75) is 31.2 Å². The first-order chi connectivity index (χ1) is 15.8. The third-order valence-electron chi connectivity index (χ3n) is 4.85. The number of rotatable bonds is 9. The van der Waals surface area contributed by atoms with Crippen LogP contribution in [0.25, 0.3) is 0 Å². The highest BCUT2D eigenvalue weighted by Crippen LogP contribution is 2.16. The number of benzene rings is 3. The average Bonchev–Trinajstić information content (AvgIpc) is 2.80. The molecule has 0 bridgehead atoms. The van der Waals surface area contributed by atoms with E-state index in [4.69, 9.17) is 4.74 Å². The van der Waals surface area contributed by atoms with E-state index in [2.05, 4.69) is 10.0 Å². The number of hydrogen-bond donors (Lipinski definition) is 2. The maximum absolute atomic E-state index is 12.7. The van der Waals surface area contributed by atoms with Gasteiger partial charge in [0.05, 0.1) is 11.5 Å². The fraction of sp³-hybridized carbons (Fsp3) is 0.200. The zero-order valence-corrected chi connectivity index (χ0v) is 19.3. The van der Waals surface area contributed by atoms with E-state index < -0.39 is 22.0 Å². The van der Waals surface area contributed by atoms with Crippen molar-refractivity contribution in [3.8, 4) is 0 Å². The summed E-state index contributed by atoms with van der Waals surface area (Å²) in [6.45, 7) is 3.70. The molecule has 0 heterocycles. The normalized spacial score (nSPS) is 12.1. The fourth-order valence-electron chi connectivity index (χ4n) is 3.22. The Morgan fingerprint density at radius 1 is 0.939 bits per heavy atom. The SMILES string of the molecule is CCOC(=O)C(Cc1ccc(NC(=O)c2cccc(C)c2)cc1)NS(=O)(=O)c1ccccc1. The molecule has 3 aromatic rings. The van der Waals surface area contributed by atoms with Crippen LogP contribution in [0.3, 0.4) is 0 Å². The van der Waals surface area contributed by atoms with Gasteiger partial charge in [0, 0.05) is 11.3 Å². The molecule has 172 valence electrons. The number of carbonyl (C=O) groups excluding carboxylic acids is 2. The second-order valence-electron chi connectivity index (χ2n) is 7.46. The van der Waals surface area contributed by atoms with Gasteiger partial charge >= 0.3 is 5.97 Å². The van der Waals surface area contributed by atoms with E-state index in [9.17, 15) is 18.0 Å². The Bertz CT molecular complexity index is 1210. The van der Waals surface area contributed by atoms with E-state index in [0.717, 1.165) is 5.56 Å². The lowest BCUT2D eigenvalue weighted by Gasteiger charge is -2.18. The van der Waals surface area contributed by atoms with E-state index in [1.165, 1.54) is 12.1 Å². The van der Waals surface area contributed by atoms with E-state index in [1.807, 2.05) is 19.1 Å². The third kappa shape index (κ3) is 6.74. The van der Waals surface area contributed by atoms with Crippen molar-refractivity contribution in [1.82, 2.24) is 4.72 Å². The molecule has 0 saturated carbocycles. The van der Waals surface area contributed by atoms with Crippen LogP contribution in [0.4, 0.5) is 5.69 Å². The number of amides is 1. The summed E-state index contributed by atoms with van der Waals surface area (Å²) in [4.78, 5) is 24.9. The molecule has 0 spiro atoms. The first kappa shape index (κ1) is 24.2. The predicted molar refractivity (Wildman–Crippen MR) is 126 cm³/mol. The van der Waals surface area contributed by atoms with E-state index in [-0.39, 0.29) is 23.8 Å². The van der Waals surface area contributed by atoms with Crippen LogP contribution in [0.15, 0.2) is 83.8 Å². The minimum Gasteiger partial charge on any atom is -0.465 e. The number of sulfonamides is 1. The van der Waals surface area contributed by atoms with E-state index in [1.54, 1.807) is 61.5 Å². The van der Waals surface area contributed by atoms with Crippen LogP contribution in [0, 0.1) is 6.92 Å². The summed E-state index contributed by atoms with van der Waals surface area (Å²) in [5.74, 6) is -0.889. The van der Waals surface area contributed by atoms with Crippen molar-refractivity contribution < 1.29 is 22.7 Å². The molecular formula is C25H26N2O5S. The van der Waals surface area contributed by atoms with Gasteiger partial charge in [-0.1, -0.05) is 48.0 Å². The molecule has 7 nitrogen and oxygen atoms in total. The third-order valence-corrected chi connectivity index (χ3v) is 6.34. The highest BCUT2D eigenvalue weighted by atomic mass is 32.2. The lowest BCUT2D eigenvalue weighted by Crippen LogP contribution is -2.43. The highest BCUT2D eigenvalue weighted by Gasteiger charge is 2.27. The number of anilines is 1. The molecule has 3 rings (SSSR count). The molecule has 1 unspecified atom stereocenters. The summed E-state index contributed by atoms with van der Waals surface area (Å²) in [6.07, 6.45) is 0.0942. The van der Waals surface area contributed by atoms with Crippen LogP contribution in [0.2, 0.25) is 0 Å². The minimum atomic E-state index is -3.91. The molecule has 1 amide bonds. The lowest BCUT2D eigenvalue weighted by molar-refractivity contribution is -0.145. The van der Waals surface area contributed by atoms with Crippen molar-refractivity contribution in [2.24, 2.45) is 0 Å². The Morgan fingerprint density at radius 2 is 1.64 bits per heavy atom. The smallest absolute Gasteiger partial charge is 0.324 e. The van der Waals surface area contributed by atoms with E-state index in [0.29, 0.717) is 16.8 Å². The molecule has 8 heteroatoms. The Labute approximate surface area is 193 Å². The molecule has 1 atom stereocenters. The molecule has 0 saturated heterocycles. The van der Waals surface area contributed by atoms with Gasteiger partial charge in [-0.25, -0.2) is 8.42 Å². The number of nitrogens with one attached hydrogen (secondary N) is 2. The number of hydrogen-bond acceptors (Lipinski definition) is 5. The Morgan fingerprint density at radius 3 is 2.27 bits per heavy atom. The van der Waals surface area contributed by atoms with Crippen molar-refractivity contribution in [2.75, 3.05) is 11.9 Å². The fourth-order valence-corrected chi connectivity index (χ4v) is 4.43. The summed E-state index contributed by atoms with van der Waals surface area (Å²) in [7, 11) is -3.91. The van der Waals surface area contributed by atoms with Gasteiger partial charge in [-0.15, -0.1) is 0 Å². The molecule has 0 radical (unpaired) electrons. The van der Waals surface area contributed by atoms with Gasteiger partial charge in [0.1, 0.15) is 6.04 Å². The standard InChI is InChI=1S/C25H26N2O5S/c1-3-32-25(29)23(27-33(30,31)22-10-5-4-6-11-22)17-19-12-14-21(15-13-19)26-24(28)20-9-7-8-18(2)16-20/h4-16,23,27H,3,17H2,1-2H3,(H,26,28). The van der Waals surface area contributed by atoms with Gasteiger partial charge in [0.2, 0.25) is 10.0 Å². The Hall–Kier alpha value is -3.49. The minimum absolute atomic E-state index is 0.0634. The van der Waals surface area contributed by atoms with Crippen LogP contribution in [-0.4, -0.2) is 32.9 Å². The molecule has 2 N–H and O–H groups in total. The van der Waals surface area contributed by atoms with Crippen LogP contribution < -0.4 is 10.0 Å². The highest BCUT2D eigenvalue weighted by molar-refractivity contribution is 7.89. The first-order valence-corrected chi connectivity index (χ1v) is 12.0. The molecule has 0 aliphatic heterocycles. The second-order valence-corrected chi connectivity index (χ2v) is 9.18. The van der Waals surface area contributed by atoms with Gasteiger partial charge in [-0.2, -0.15) is 4.72 Å². The van der Waals surface area contributed by atoms with Crippen molar-refractivity contribution in [3.63, 3.8) is 0 Å². The number of ether oxygens (including phenoxy) is 1. The lowest BCUT2D eigenvalue weighted by atomic mass is 10.1. The van der Waals surface area contributed by atoms with E-state index >= 15 is 0 Å². The monoisotopic (exact) mass is 466 g/mol. The molecule has 33 heavy (non-hydrogen) atoms. The van der Waals surface area contributed by atoms with Crippen molar-refractivity contribution >= 4 is 27.6 Å². The van der Waals surface area contributed by atoms with Gasteiger partial charge in [0.15, 0.2) is 0 Å². The quantitative estimate of drug-likeness (QED) is 0.468. The summed E-state index contributed by atoms with van der Waals surface area (Å²) < 4.78 is 32.9. The van der Waals surface area contributed by atoms with Gasteiger partial charge in [-0.3, -0.25) is 9.59 Å². The summed E-state index contributed by atoms with van der Waals surface area (Å²) in [5.41, 5.74) is 2.83. The predicted octanol–water partition coefficient (Wildman–Crippen LogP) is 3.70. The van der Waals surface area contributed by atoms with Crippen LogP contribution in [0.5, 0.6) is 0 Å². The van der Waals surface area contributed by atoms with Crippen molar-refractivity contribution in [1.29, 1.82) is 0 Å². The van der Waals surface area contributed by atoms with Gasteiger partial charge in [-0.05, 0) is 62.2 Å². The van der Waals surface area contributed by atoms with Crippen LogP contribution in [0.1, 0.15) is 28.4 Å². The summed E-state index contributed by atoms with van der Waals surface area (Å²) in [5, 5.41) is 2.83. The van der Waals surface area contributed by atoms with Crippen LogP contribution >= 0.6 is 0 Å². The maximum atomic E-state index is 12.7. The zero-order valence-electron chi connectivity index (χ0n) is 18.4. The molecule has 0 fully saturated rings. The average molecular weight is 467 g/mol. The molecule has 0 aromatic heterocycles. The number of carbonyl (C=O) groups is 2. The maximum Gasteiger partial charge on any atom is 0.324 e. The summed E-state index contributed by atoms with van der Waals surface area (Å²) >= 11 is 0. The van der Waals surface area contributed by atoms with Gasteiger partial charge in [0.25, 0.3) is 5.91 Å². The van der Waals surface area contributed by atoms with Crippen LogP contribution in [-0.2, 0) is 26.0 Å². The number of esters is 1. The zero-order chi connectivity index (χ0) is 23.8. The first-order valence-electron chi connectivity index (χ1n) is 10.5. The van der Waals surface area contributed by atoms with Crippen molar-refractivity contribution in [3.05, 3.63) is 95.6 Å². The second kappa shape index (κ2) is 10.9. The van der Waals surface area contributed by atoms with Gasteiger partial charge < -0.3 is 10.1 Å². The number of aryl methyl sites for hydroxylation is 1. The Balaban J connectivity index is 1.72. The molecule has 0 aliphatic rings. The largest absolute Gasteiger partial charge is 0.465 e. The molecular weight excluding hydrogens is 440 g/mol. The topological polar surface area (TPSA) is 102 Å².